The van der Waals surface area contributed by atoms with Crippen LogP contribution in [0.15, 0.2) is 36.4 Å². The molecule has 1 heterocycles. The lowest BCUT2D eigenvalue weighted by molar-refractivity contribution is -0.120. The lowest BCUT2D eigenvalue weighted by atomic mass is 10.1. The van der Waals surface area contributed by atoms with E-state index in [4.69, 9.17) is 11.6 Å². The Kier molecular flexibility index (Phi) is 5.70. The topological polar surface area (TPSA) is 71.3 Å². The van der Waals surface area contributed by atoms with E-state index >= 15 is 0 Å². The fourth-order valence-electron chi connectivity index (χ4n) is 3.18. The summed E-state index contributed by atoms with van der Waals surface area (Å²) in [6, 6.07) is 8.19. The van der Waals surface area contributed by atoms with Gasteiger partial charge in [0.05, 0.1) is 17.0 Å². The molecule has 1 amide bonds. The van der Waals surface area contributed by atoms with Gasteiger partial charge in [0, 0.05) is 23.2 Å². The monoisotopic (exact) mass is 402 g/mol. The minimum atomic E-state index is -0.438. The molecule has 0 unspecified atom stereocenters. The van der Waals surface area contributed by atoms with Crippen LogP contribution in [-0.2, 0) is 11.2 Å². The number of nitrogens with one attached hydrogen (secondary N) is 1. The maximum absolute atomic E-state index is 13.2. The van der Waals surface area contributed by atoms with E-state index in [1.807, 2.05) is 6.92 Å². The fourth-order valence-corrected chi connectivity index (χ4v) is 3.34. The Morgan fingerprint density at radius 1 is 1.21 bits per heavy atom. The highest BCUT2D eigenvalue weighted by atomic mass is 35.5. The Balaban J connectivity index is 2.15. The molecule has 0 radical (unpaired) electrons. The number of hydrogen-bond acceptors (Lipinski definition) is 3. The highest BCUT2D eigenvalue weighted by Gasteiger charge is 2.22. The smallest absolute Gasteiger partial charge is 0.262 e. The lowest BCUT2D eigenvalue weighted by Crippen LogP contribution is -2.26. The summed E-state index contributed by atoms with van der Waals surface area (Å²) < 4.78 is 14.7. The van der Waals surface area contributed by atoms with Crippen molar-refractivity contribution in [2.24, 2.45) is 0 Å². The van der Waals surface area contributed by atoms with Crippen LogP contribution in [0, 0.1) is 12.7 Å². The van der Waals surface area contributed by atoms with Gasteiger partial charge in [-0.1, -0.05) is 18.5 Å². The number of halogens is 2. The number of amides is 1. The number of phenols is 1. The van der Waals surface area contributed by atoms with Crippen LogP contribution < -0.4 is 5.32 Å². The van der Waals surface area contributed by atoms with Crippen molar-refractivity contribution in [2.75, 3.05) is 6.54 Å². The molecular formula is C21H20ClFN2O3. The van der Waals surface area contributed by atoms with Crippen molar-refractivity contribution in [1.82, 2.24) is 9.88 Å². The van der Waals surface area contributed by atoms with Crippen LogP contribution in [-0.4, -0.2) is 28.0 Å². The number of phenolic OH excluding ortho intramolecular Hbond substituents is 1. The molecule has 2 N–H and O–H groups in total. The molecule has 5 nitrogen and oxygen atoms in total. The number of aromatic hydroxyl groups is 1. The number of carbonyl (C=O) groups excluding carboxylic acids is 2. The van der Waals surface area contributed by atoms with Crippen LogP contribution >= 0.6 is 11.6 Å². The van der Waals surface area contributed by atoms with E-state index in [-0.39, 0.29) is 29.0 Å². The summed E-state index contributed by atoms with van der Waals surface area (Å²) in [6.07, 6.45) is 0.874. The molecular weight excluding hydrogens is 383 g/mol. The third kappa shape index (κ3) is 3.73. The number of carbonyl (C=O) groups is 2. The number of rotatable bonds is 5. The zero-order valence-corrected chi connectivity index (χ0v) is 16.3. The molecule has 0 aliphatic carbocycles. The molecule has 0 atom stereocenters. The standard InChI is InChI=1S/C21H20ClFN2O3/c1-3-8-24-20(27)10-15-12(2)25(18-11-17(22)19(26)9-16(15)18)21(28)13-4-6-14(23)7-5-13/h4-7,9,11,26H,3,8,10H2,1-2H3,(H,24,27). The first-order chi connectivity index (χ1) is 13.3. The number of fused-ring (bicyclic) bond motifs is 1. The Morgan fingerprint density at radius 2 is 1.89 bits per heavy atom. The van der Waals surface area contributed by atoms with E-state index in [9.17, 15) is 19.1 Å². The van der Waals surface area contributed by atoms with Crippen molar-refractivity contribution < 1.29 is 19.1 Å². The Hall–Kier alpha value is -2.86. The predicted molar refractivity (Wildman–Crippen MR) is 106 cm³/mol. The first-order valence-electron chi connectivity index (χ1n) is 8.92. The lowest BCUT2D eigenvalue weighted by Gasteiger charge is -2.08. The van der Waals surface area contributed by atoms with Gasteiger partial charge in [-0.25, -0.2) is 4.39 Å². The molecule has 7 heteroatoms. The van der Waals surface area contributed by atoms with Crippen molar-refractivity contribution in [3.05, 3.63) is 64.1 Å². The number of aromatic nitrogens is 1. The van der Waals surface area contributed by atoms with Gasteiger partial charge in [-0.05, 0) is 55.3 Å². The van der Waals surface area contributed by atoms with E-state index in [0.717, 1.165) is 6.42 Å². The Labute approximate surface area is 166 Å². The molecule has 2 aromatic carbocycles. The summed E-state index contributed by atoms with van der Waals surface area (Å²) in [5.41, 5.74) is 1.98. The van der Waals surface area contributed by atoms with E-state index in [2.05, 4.69) is 5.32 Å². The summed E-state index contributed by atoms with van der Waals surface area (Å²) in [5.74, 6) is -1.11. The molecule has 0 spiro atoms. The van der Waals surface area contributed by atoms with Crippen LogP contribution in [0.2, 0.25) is 5.02 Å². The summed E-state index contributed by atoms with van der Waals surface area (Å²) in [4.78, 5) is 25.4. The SMILES string of the molecule is CCCNC(=O)Cc1c(C)n(C(=O)c2ccc(F)cc2)c2cc(Cl)c(O)cc12. The number of hydrogen-bond donors (Lipinski definition) is 2. The quantitative estimate of drug-likeness (QED) is 0.671. The van der Waals surface area contributed by atoms with Gasteiger partial charge in [-0.3, -0.25) is 14.2 Å². The predicted octanol–water partition coefficient (Wildman–Crippen LogP) is 4.21. The zero-order valence-electron chi connectivity index (χ0n) is 15.6. The van der Waals surface area contributed by atoms with Gasteiger partial charge in [0.15, 0.2) is 0 Å². The van der Waals surface area contributed by atoms with Gasteiger partial charge in [0.2, 0.25) is 5.91 Å². The van der Waals surface area contributed by atoms with Crippen LogP contribution in [0.25, 0.3) is 10.9 Å². The maximum atomic E-state index is 13.2. The third-order valence-electron chi connectivity index (χ3n) is 4.61. The van der Waals surface area contributed by atoms with Crippen molar-refractivity contribution in [1.29, 1.82) is 0 Å². The molecule has 0 aliphatic heterocycles. The molecule has 1 aromatic heterocycles. The minimum Gasteiger partial charge on any atom is -0.506 e. The van der Waals surface area contributed by atoms with Gasteiger partial charge < -0.3 is 10.4 Å². The minimum absolute atomic E-state index is 0.0626. The molecule has 3 rings (SSSR count). The molecule has 0 bridgehead atoms. The molecule has 146 valence electrons. The second-order valence-electron chi connectivity index (χ2n) is 6.56. The fraction of sp³-hybridized carbons (Fsp3) is 0.238. The Morgan fingerprint density at radius 3 is 2.54 bits per heavy atom. The van der Waals surface area contributed by atoms with Crippen LogP contribution in [0.5, 0.6) is 5.75 Å². The van der Waals surface area contributed by atoms with E-state index in [1.165, 1.54) is 41.0 Å². The van der Waals surface area contributed by atoms with Gasteiger partial charge in [-0.15, -0.1) is 0 Å². The van der Waals surface area contributed by atoms with Crippen molar-refractivity contribution in [2.45, 2.75) is 26.7 Å². The normalized spacial score (nSPS) is 11.0. The second-order valence-corrected chi connectivity index (χ2v) is 6.97. The van der Waals surface area contributed by atoms with Crippen LogP contribution in [0.3, 0.4) is 0 Å². The molecule has 28 heavy (non-hydrogen) atoms. The molecule has 3 aromatic rings. The van der Waals surface area contributed by atoms with Gasteiger partial charge in [0.1, 0.15) is 11.6 Å². The first-order valence-corrected chi connectivity index (χ1v) is 9.30. The second kappa shape index (κ2) is 8.02. The third-order valence-corrected chi connectivity index (χ3v) is 4.91. The first kappa shape index (κ1) is 19.9. The van der Waals surface area contributed by atoms with E-state index in [1.54, 1.807) is 6.92 Å². The van der Waals surface area contributed by atoms with Crippen molar-refractivity contribution >= 4 is 34.3 Å². The summed E-state index contributed by atoms with van der Waals surface area (Å²) in [6.45, 7) is 4.25. The highest BCUT2D eigenvalue weighted by Crippen LogP contribution is 2.35. The average molecular weight is 403 g/mol. The molecule has 0 saturated heterocycles. The number of nitrogens with zero attached hydrogens (tertiary/aromatic N) is 1. The largest absolute Gasteiger partial charge is 0.506 e. The highest BCUT2D eigenvalue weighted by molar-refractivity contribution is 6.33. The summed E-state index contributed by atoms with van der Waals surface area (Å²) >= 11 is 6.06. The number of benzene rings is 2. The average Bonchev–Trinajstić information content (AvgIpc) is 2.91. The van der Waals surface area contributed by atoms with Crippen LogP contribution in [0.4, 0.5) is 4.39 Å². The molecule has 0 fully saturated rings. The molecule has 0 aliphatic rings. The Bertz CT molecular complexity index is 1060. The maximum Gasteiger partial charge on any atom is 0.262 e. The van der Waals surface area contributed by atoms with E-state index in [0.29, 0.717) is 34.3 Å². The summed E-state index contributed by atoms with van der Waals surface area (Å²) in [5, 5.41) is 13.5. The van der Waals surface area contributed by atoms with Gasteiger partial charge >= 0.3 is 0 Å². The molecule has 0 saturated carbocycles. The zero-order chi connectivity index (χ0) is 20.4. The van der Waals surface area contributed by atoms with Crippen molar-refractivity contribution in [3.8, 4) is 5.75 Å². The van der Waals surface area contributed by atoms with Crippen molar-refractivity contribution in [3.63, 3.8) is 0 Å². The summed E-state index contributed by atoms with van der Waals surface area (Å²) in [7, 11) is 0. The van der Waals surface area contributed by atoms with Gasteiger partial charge in [-0.2, -0.15) is 0 Å². The van der Waals surface area contributed by atoms with Gasteiger partial charge in [0.25, 0.3) is 5.91 Å². The van der Waals surface area contributed by atoms with Crippen LogP contribution in [0.1, 0.15) is 35.0 Å². The van der Waals surface area contributed by atoms with E-state index < -0.39 is 5.82 Å².